The summed E-state index contributed by atoms with van der Waals surface area (Å²) in [6, 6.07) is 4.15. The number of anilines is 1. The number of para-hydroxylation sites is 1. The van der Waals surface area contributed by atoms with E-state index in [1.54, 1.807) is 0 Å². The van der Waals surface area contributed by atoms with Crippen LogP contribution in [0, 0.1) is 5.82 Å². The fourth-order valence-corrected chi connectivity index (χ4v) is 2.03. The maximum absolute atomic E-state index is 13.5. The molecule has 2 N–H and O–H groups in total. The third-order valence-corrected chi connectivity index (χ3v) is 2.97. The molecule has 7 heteroatoms. The van der Waals surface area contributed by atoms with Crippen LogP contribution in [-0.2, 0) is 9.59 Å². The minimum atomic E-state index is -3.02. The number of benzene rings is 1. The maximum atomic E-state index is 13.5. The Morgan fingerprint density at radius 1 is 1.45 bits per heavy atom. The highest BCUT2D eigenvalue weighted by atomic mass is 19.3. The van der Waals surface area contributed by atoms with Crippen LogP contribution in [0.2, 0.25) is 0 Å². The van der Waals surface area contributed by atoms with Gasteiger partial charge < -0.3 is 10.6 Å². The molecule has 1 aromatic rings. The van der Waals surface area contributed by atoms with E-state index in [2.05, 4.69) is 10.6 Å². The van der Waals surface area contributed by atoms with Crippen LogP contribution in [0.5, 0.6) is 0 Å². The van der Waals surface area contributed by atoms with E-state index in [1.807, 2.05) is 0 Å². The van der Waals surface area contributed by atoms with Gasteiger partial charge in [0.05, 0.1) is 18.2 Å². The Morgan fingerprint density at radius 2 is 2.15 bits per heavy atom. The van der Waals surface area contributed by atoms with Gasteiger partial charge in [-0.15, -0.1) is 0 Å². The highest BCUT2D eigenvalue weighted by Gasteiger charge is 2.34. The second-order valence-electron chi connectivity index (χ2n) is 4.80. The van der Waals surface area contributed by atoms with Crippen LogP contribution in [-0.4, -0.2) is 24.3 Å². The zero-order chi connectivity index (χ0) is 14.9. The number of hydrogen-bond donors (Lipinski definition) is 2. The predicted octanol–water partition coefficient (Wildman–Crippen LogP) is 2.02. The molecule has 1 aromatic carbocycles. The summed E-state index contributed by atoms with van der Waals surface area (Å²) in [7, 11) is 0. The molecule has 1 unspecified atom stereocenters. The van der Waals surface area contributed by atoms with Gasteiger partial charge in [-0.3, -0.25) is 9.59 Å². The van der Waals surface area contributed by atoms with E-state index < -0.39 is 36.0 Å². The molecule has 20 heavy (non-hydrogen) atoms. The first-order valence-electron chi connectivity index (χ1n) is 6.02. The summed E-state index contributed by atoms with van der Waals surface area (Å²) < 4.78 is 38.7. The normalized spacial score (nSPS) is 17.6. The van der Waals surface area contributed by atoms with Crippen molar-refractivity contribution >= 4 is 17.5 Å². The fourth-order valence-electron chi connectivity index (χ4n) is 2.03. The summed E-state index contributed by atoms with van der Waals surface area (Å²) in [6.07, 6.45) is -0.293. The zero-order valence-corrected chi connectivity index (χ0v) is 10.7. The first kappa shape index (κ1) is 14.4. The van der Waals surface area contributed by atoms with Crippen molar-refractivity contribution in [1.29, 1.82) is 0 Å². The molecular weight excluding hydrogens is 273 g/mol. The minimum Gasteiger partial charge on any atom is -0.350 e. The molecule has 0 spiro atoms. The molecule has 1 atom stereocenters. The lowest BCUT2D eigenvalue weighted by molar-refractivity contribution is -0.126. The quantitative estimate of drug-likeness (QED) is 0.889. The van der Waals surface area contributed by atoms with Gasteiger partial charge in [-0.05, 0) is 11.6 Å². The van der Waals surface area contributed by atoms with Crippen molar-refractivity contribution in [3.05, 3.63) is 29.6 Å². The van der Waals surface area contributed by atoms with Crippen LogP contribution in [0.4, 0.5) is 18.9 Å². The van der Waals surface area contributed by atoms with Crippen LogP contribution in [0.3, 0.4) is 0 Å². The molecule has 0 saturated heterocycles. The molecule has 2 amide bonds. The van der Waals surface area contributed by atoms with E-state index in [9.17, 15) is 22.8 Å². The summed E-state index contributed by atoms with van der Waals surface area (Å²) in [5, 5.41) is 4.40. The van der Waals surface area contributed by atoms with Crippen LogP contribution >= 0.6 is 0 Å². The Labute approximate surface area is 113 Å². The topological polar surface area (TPSA) is 58.2 Å². The number of halogens is 3. The SMILES string of the molecule is CC(F)(F)CNC(=O)CC1C(=O)Nc2c(F)cccc21. The van der Waals surface area contributed by atoms with Crippen LogP contribution in [0.1, 0.15) is 24.8 Å². The standard InChI is InChI=1S/C13H13F3N2O2/c1-13(15,16)6-17-10(19)5-8-7-3-2-4-9(14)11(7)18-12(8)20/h2-4,8H,5-6H2,1H3,(H,17,19)(H,18,20). The molecule has 0 bridgehead atoms. The maximum Gasteiger partial charge on any atom is 0.262 e. The highest BCUT2D eigenvalue weighted by Crippen LogP contribution is 2.36. The van der Waals surface area contributed by atoms with E-state index >= 15 is 0 Å². The van der Waals surface area contributed by atoms with Crippen molar-refractivity contribution in [2.45, 2.75) is 25.2 Å². The van der Waals surface area contributed by atoms with E-state index in [4.69, 9.17) is 0 Å². The van der Waals surface area contributed by atoms with Crippen molar-refractivity contribution < 1.29 is 22.8 Å². The molecule has 1 aliphatic rings. The first-order chi connectivity index (χ1) is 9.28. The number of carbonyl (C=O) groups excluding carboxylic acids is 2. The van der Waals surface area contributed by atoms with Gasteiger partial charge in [0.15, 0.2) is 0 Å². The van der Waals surface area contributed by atoms with Crippen molar-refractivity contribution in [3.63, 3.8) is 0 Å². The van der Waals surface area contributed by atoms with Gasteiger partial charge in [0, 0.05) is 13.3 Å². The molecule has 4 nitrogen and oxygen atoms in total. The monoisotopic (exact) mass is 286 g/mol. The van der Waals surface area contributed by atoms with Gasteiger partial charge in [0.1, 0.15) is 5.82 Å². The third-order valence-electron chi connectivity index (χ3n) is 2.97. The molecule has 0 saturated carbocycles. The average Bonchev–Trinajstić information content (AvgIpc) is 2.65. The fraction of sp³-hybridized carbons (Fsp3) is 0.385. The summed E-state index contributed by atoms with van der Waals surface area (Å²) in [5.41, 5.74) is 0.421. The summed E-state index contributed by atoms with van der Waals surface area (Å²) in [4.78, 5) is 23.3. The number of nitrogens with one attached hydrogen (secondary N) is 2. The average molecular weight is 286 g/mol. The molecule has 2 rings (SSSR count). The van der Waals surface area contributed by atoms with E-state index in [1.165, 1.54) is 18.2 Å². The van der Waals surface area contributed by atoms with Gasteiger partial charge in [-0.25, -0.2) is 13.2 Å². The summed E-state index contributed by atoms with van der Waals surface area (Å²) in [5.74, 6) is -5.64. The second-order valence-corrected chi connectivity index (χ2v) is 4.80. The Balaban J connectivity index is 2.06. The summed E-state index contributed by atoms with van der Waals surface area (Å²) >= 11 is 0. The van der Waals surface area contributed by atoms with E-state index in [0.29, 0.717) is 12.5 Å². The second kappa shape index (κ2) is 5.15. The van der Waals surface area contributed by atoms with E-state index in [0.717, 1.165) is 0 Å². The van der Waals surface area contributed by atoms with Gasteiger partial charge in [-0.2, -0.15) is 0 Å². The van der Waals surface area contributed by atoms with Crippen molar-refractivity contribution in [2.24, 2.45) is 0 Å². The number of carbonyl (C=O) groups is 2. The van der Waals surface area contributed by atoms with Crippen LogP contribution in [0.15, 0.2) is 18.2 Å². The molecule has 1 aliphatic heterocycles. The number of hydrogen-bond acceptors (Lipinski definition) is 2. The van der Waals surface area contributed by atoms with Crippen molar-refractivity contribution in [3.8, 4) is 0 Å². The third kappa shape index (κ3) is 3.09. The lowest BCUT2D eigenvalue weighted by atomic mass is 9.97. The lowest BCUT2D eigenvalue weighted by Crippen LogP contribution is -2.35. The van der Waals surface area contributed by atoms with E-state index in [-0.39, 0.29) is 12.1 Å². The predicted molar refractivity (Wildman–Crippen MR) is 66.0 cm³/mol. The molecule has 108 valence electrons. The van der Waals surface area contributed by atoms with Crippen LogP contribution < -0.4 is 10.6 Å². The smallest absolute Gasteiger partial charge is 0.262 e. The van der Waals surface area contributed by atoms with Gasteiger partial charge in [0.2, 0.25) is 11.8 Å². The minimum absolute atomic E-state index is 0.0520. The molecule has 0 aliphatic carbocycles. The number of amides is 2. The Morgan fingerprint density at radius 3 is 2.80 bits per heavy atom. The Kier molecular flexibility index (Phi) is 3.69. The zero-order valence-electron chi connectivity index (χ0n) is 10.7. The number of alkyl halides is 2. The van der Waals surface area contributed by atoms with Crippen LogP contribution in [0.25, 0.3) is 0 Å². The summed E-state index contributed by atoms with van der Waals surface area (Å²) in [6.45, 7) is -0.115. The molecule has 1 heterocycles. The van der Waals surface area contributed by atoms with Crippen molar-refractivity contribution in [1.82, 2.24) is 5.32 Å². The van der Waals surface area contributed by atoms with Gasteiger partial charge >= 0.3 is 0 Å². The molecule has 0 radical (unpaired) electrons. The Bertz CT molecular complexity index is 555. The molecular formula is C13H13F3N2O2. The van der Waals surface area contributed by atoms with Gasteiger partial charge in [0.25, 0.3) is 5.92 Å². The lowest BCUT2D eigenvalue weighted by Gasteiger charge is -2.13. The first-order valence-corrected chi connectivity index (χ1v) is 6.02. The van der Waals surface area contributed by atoms with Crippen molar-refractivity contribution in [2.75, 3.05) is 11.9 Å². The molecule has 0 fully saturated rings. The largest absolute Gasteiger partial charge is 0.350 e. The van der Waals surface area contributed by atoms with Gasteiger partial charge in [-0.1, -0.05) is 12.1 Å². The molecule has 0 aromatic heterocycles. The number of rotatable bonds is 4. The highest BCUT2D eigenvalue weighted by molar-refractivity contribution is 6.05. The Hall–Kier alpha value is -2.05. The number of fused-ring (bicyclic) bond motifs is 1.